The molecule has 0 aromatic carbocycles. The average molecular weight is 97.2 g/mol. The topological polar surface area (TPSA) is 0 Å². The van der Waals surface area contributed by atoms with Crippen molar-refractivity contribution < 1.29 is 0 Å². The Labute approximate surface area is 45.9 Å². The van der Waals surface area contributed by atoms with Gasteiger partial charge in [0.15, 0.2) is 0 Å². The number of hydrogen-bond donors (Lipinski definition) is 0. The van der Waals surface area contributed by atoms with Gasteiger partial charge < -0.3 is 0 Å². The van der Waals surface area contributed by atoms with Gasteiger partial charge in [0.1, 0.15) is 0 Å². The first-order chi connectivity index (χ1) is 3.13. The maximum atomic E-state index is 2.31. The molecule has 1 fully saturated rings. The van der Waals surface area contributed by atoms with Crippen molar-refractivity contribution in [1.29, 1.82) is 0 Å². The van der Waals surface area contributed by atoms with E-state index >= 15 is 0 Å². The van der Waals surface area contributed by atoms with Crippen LogP contribution in [0.4, 0.5) is 0 Å². The fourth-order valence-electron chi connectivity index (χ4n) is 0.875. The van der Waals surface area contributed by atoms with Crippen LogP contribution in [0.25, 0.3) is 0 Å². The van der Waals surface area contributed by atoms with Gasteiger partial charge in [-0.25, -0.2) is 0 Å². The standard InChI is InChI=1S/C7H13/c1-6-4-5-7(6,2)3/h4-5H2,1-3H3. The summed E-state index contributed by atoms with van der Waals surface area (Å²) in [6, 6.07) is 0. The molecular formula is C7H13. The summed E-state index contributed by atoms with van der Waals surface area (Å²) in [5, 5.41) is 0. The van der Waals surface area contributed by atoms with E-state index in [1.54, 1.807) is 5.92 Å². The van der Waals surface area contributed by atoms with Crippen molar-refractivity contribution >= 4 is 0 Å². The summed E-state index contributed by atoms with van der Waals surface area (Å²) < 4.78 is 0. The fourth-order valence-corrected chi connectivity index (χ4v) is 0.875. The van der Waals surface area contributed by atoms with Crippen LogP contribution in [0.15, 0.2) is 0 Å². The molecule has 0 atom stereocenters. The normalized spacial score (nSPS) is 29.6. The lowest BCUT2D eigenvalue weighted by atomic mass is 9.64. The lowest BCUT2D eigenvalue weighted by molar-refractivity contribution is 0.239. The highest BCUT2D eigenvalue weighted by molar-refractivity contribution is 5.08. The minimum Gasteiger partial charge on any atom is -0.0594 e. The van der Waals surface area contributed by atoms with Crippen LogP contribution < -0.4 is 0 Å². The summed E-state index contributed by atoms with van der Waals surface area (Å²) >= 11 is 0. The zero-order chi connectivity index (χ0) is 5.49. The van der Waals surface area contributed by atoms with E-state index in [1.165, 1.54) is 12.8 Å². The predicted molar refractivity (Wildman–Crippen MR) is 31.9 cm³/mol. The van der Waals surface area contributed by atoms with Gasteiger partial charge in [-0.15, -0.1) is 0 Å². The second-order valence-electron chi connectivity index (χ2n) is 3.16. The summed E-state index contributed by atoms with van der Waals surface area (Å²) in [5.74, 6) is 1.67. The lowest BCUT2D eigenvalue weighted by Crippen LogP contribution is -2.29. The van der Waals surface area contributed by atoms with Crippen molar-refractivity contribution in [1.82, 2.24) is 0 Å². The summed E-state index contributed by atoms with van der Waals surface area (Å²) in [7, 11) is 0. The van der Waals surface area contributed by atoms with Crippen molar-refractivity contribution in [3.63, 3.8) is 0 Å². The second-order valence-corrected chi connectivity index (χ2v) is 3.16. The third-order valence-corrected chi connectivity index (χ3v) is 2.28. The van der Waals surface area contributed by atoms with E-state index in [2.05, 4.69) is 20.8 Å². The van der Waals surface area contributed by atoms with Gasteiger partial charge in [-0.3, -0.25) is 0 Å². The predicted octanol–water partition coefficient (Wildman–Crippen LogP) is 2.40. The molecule has 7 heavy (non-hydrogen) atoms. The maximum absolute atomic E-state index is 2.31. The molecule has 0 N–H and O–H groups in total. The molecule has 0 nitrogen and oxygen atoms in total. The Morgan fingerprint density at radius 3 is 1.86 bits per heavy atom. The van der Waals surface area contributed by atoms with E-state index < -0.39 is 0 Å². The van der Waals surface area contributed by atoms with E-state index in [0.29, 0.717) is 5.41 Å². The van der Waals surface area contributed by atoms with Crippen molar-refractivity contribution in [3.05, 3.63) is 5.92 Å². The summed E-state index contributed by atoms with van der Waals surface area (Å²) in [6.45, 7) is 6.88. The molecule has 0 aromatic heterocycles. The van der Waals surface area contributed by atoms with Gasteiger partial charge in [0, 0.05) is 0 Å². The molecule has 1 aliphatic carbocycles. The Morgan fingerprint density at radius 2 is 1.86 bits per heavy atom. The zero-order valence-electron chi connectivity index (χ0n) is 5.41. The van der Waals surface area contributed by atoms with Gasteiger partial charge in [-0.1, -0.05) is 20.8 Å². The highest BCUT2D eigenvalue weighted by Gasteiger charge is 2.34. The van der Waals surface area contributed by atoms with Crippen LogP contribution in [0, 0.1) is 11.3 Å². The third-order valence-electron chi connectivity index (χ3n) is 2.28. The molecule has 0 spiro atoms. The number of hydrogen-bond acceptors (Lipinski definition) is 0. The van der Waals surface area contributed by atoms with Crippen molar-refractivity contribution in [2.45, 2.75) is 33.6 Å². The SMILES string of the molecule is C[C]1CCC1(C)C. The van der Waals surface area contributed by atoms with Gasteiger partial charge in [0.25, 0.3) is 0 Å². The Balaban J connectivity index is 2.43. The average Bonchev–Trinajstić information content (AvgIpc) is 1.63. The fraction of sp³-hybridized carbons (Fsp3) is 0.857. The molecule has 1 saturated carbocycles. The van der Waals surface area contributed by atoms with Crippen molar-refractivity contribution in [2.24, 2.45) is 5.41 Å². The van der Waals surface area contributed by atoms with E-state index in [9.17, 15) is 0 Å². The van der Waals surface area contributed by atoms with Crippen molar-refractivity contribution in [2.75, 3.05) is 0 Å². The van der Waals surface area contributed by atoms with Gasteiger partial charge in [-0.2, -0.15) is 0 Å². The zero-order valence-corrected chi connectivity index (χ0v) is 5.41. The first kappa shape index (κ1) is 5.14. The van der Waals surface area contributed by atoms with Crippen LogP contribution in [0.5, 0.6) is 0 Å². The van der Waals surface area contributed by atoms with Crippen LogP contribution >= 0.6 is 0 Å². The Hall–Kier alpha value is 0. The molecule has 1 rings (SSSR count). The highest BCUT2D eigenvalue weighted by Crippen LogP contribution is 2.46. The Morgan fingerprint density at radius 1 is 1.43 bits per heavy atom. The van der Waals surface area contributed by atoms with E-state index in [1.807, 2.05) is 0 Å². The summed E-state index contributed by atoms with van der Waals surface area (Å²) in [5.41, 5.74) is 0.597. The largest absolute Gasteiger partial charge is 0.0594 e. The van der Waals surface area contributed by atoms with Gasteiger partial charge >= 0.3 is 0 Å². The van der Waals surface area contributed by atoms with Gasteiger partial charge in [-0.05, 0) is 24.2 Å². The Kier molecular flexibility index (Phi) is 0.911. The molecule has 1 radical (unpaired) electrons. The summed E-state index contributed by atoms with van der Waals surface area (Å²) in [4.78, 5) is 0. The molecule has 0 unspecified atom stereocenters. The molecule has 0 aliphatic heterocycles. The molecule has 1 aliphatic rings. The Bertz CT molecular complexity index is 72.1. The molecule has 0 aromatic rings. The molecule has 0 heterocycles. The van der Waals surface area contributed by atoms with Gasteiger partial charge in [0.2, 0.25) is 0 Å². The van der Waals surface area contributed by atoms with Crippen LogP contribution in [-0.4, -0.2) is 0 Å². The molecule has 41 valence electrons. The van der Waals surface area contributed by atoms with E-state index in [0.717, 1.165) is 0 Å². The quantitative estimate of drug-likeness (QED) is 0.435. The molecule has 0 saturated heterocycles. The van der Waals surface area contributed by atoms with Crippen LogP contribution in [0.3, 0.4) is 0 Å². The van der Waals surface area contributed by atoms with Gasteiger partial charge in [0.05, 0.1) is 0 Å². The van der Waals surface area contributed by atoms with E-state index in [-0.39, 0.29) is 0 Å². The van der Waals surface area contributed by atoms with Crippen molar-refractivity contribution in [3.8, 4) is 0 Å². The van der Waals surface area contributed by atoms with E-state index in [4.69, 9.17) is 0 Å². The monoisotopic (exact) mass is 97.1 g/mol. The molecular weight excluding hydrogens is 84.1 g/mol. The first-order valence-corrected chi connectivity index (χ1v) is 2.96. The molecule has 0 bridgehead atoms. The first-order valence-electron chi connectivity index (χ1n) is 2.96. The second kappa shape index (κ2) is 1.24. The molecule has 0 heteroatoms. The van der Waals surface area contributed by atoms with Crippen LogP contribution in [0.1, 0.15) is 33.6 Å². The van der Waals surface area contributed by atoms with Crippen LogP contribution in [-0.2, 0) is 0 Å². The minimum absolute atomic E-state index is 0.597. The highest BCUT2D eigenvalue weighted by atomic mass is 14.4. The maximum Gasteiger partial charge on any atom is -0.0215 e. The third kappa shape index (κ3) is 0.667. The lowest BCUT2D eigenvalue weighted by Gasteiger charge is -2.41. The van der Waals surface area contributed by atoms with Crippen LogP contribution in [0.2, 0.25) is 0 Å². The molecule has 0 amide bonds. The number of rotatable bonds is 0. The smallest absolute Gasteiger partial charge is 0.0215 e. The summed E-state index contributed by atoms with van der Waals surface area (Å²) in [6.07, 6.45) is 2.77. The minimum atomic E-state index is 0.597.